The zero-order chi connectivity index (χ0) is 20.5. The van der Waals surface area contributed by atoms with E-state index in [9.17, 15) is 14.7 Å². The Bertz CT molecular complexity index is 711. The first kappa shape index (κ1) is 19.9. The number of carbonyl (C=O) groups is 2. The van der Waals surface area contributed by atoms with Gasteiger partial charge in [-0.1, -0.05) is 19.9 Å². The van der Waals surface area contributed by atoms with Crippen LogP contribution in [0.1, 0.15) is 66.7 Å². The molecular weight excluding hydrogens is 352 g/mol. The van der Waals surface area contributed by atoms with Gasteiger partial charge in [0.15, 0.2) is 0 Å². The topological polar surface area (TPSA) is 78.4 Å². The van der Waals surface area contributed by atoms with Gasteiger partial charge in [0.2, 0.25) is 11.8 Å². The van der Waals surface area contributed by atoms with Gasteiger partial charge in [-0.3, -0.25) is 9.59 Å². The maximum atomic E-state index is 13.1. The van der Waals surface area contributed by atoms with Crippen LogP contribution < -0.4 is 10.6 Å². The first-order valence-electron chi connectivity index (χ1n) is 11.0. The highest BCUT2D eigenvalue weighted by Crippen LogP contribution is 2.65. The minimum atomic E-state index is -0.566. The van der Waals surface area contributed by atoms with Gasteiger partial charge in [0.25, 0.3) is 0 Å². The Morgan fingerprint density at radius 1 is 1.21 bits per heavy atom. The van der Waals surface area contributed by atoms with Crippen LogP contribution >= 0.6 is 0 Å². The van der Waals surface area contributed by atoms with Crippen molar-refractivity contribution < 1.29 is 14.7 Å². The summed E-state index contributed by atoms with van der Waals surface area (Å²) in [5.74, 6) is 1.06. The summed E-state index contributed by atoms with van der Waals surface area (Å²) >= 11 is 0. The van der Waals surface area contributed by atoms with Crippen molar-refractivity contribution in [1.29, 1.82) is 0 Å². The van der Waals surface area contributed by atoms with Gasteiger partial charge >= 0.3 is 0 Å². The molecule has 0 aromatic rings. The van der Waals surface area contributed by atoms with Crippen LogP contribution in [-0.2, 0) is 9.59 Å². The van der Waals surface area contributed by atoms with Gasteiger partial charge in [0, 0.05) is 17.0 Å². The molecule has 0 aromatic heterocycles. The molecule has 5 heteroatoms. The SMILES string of the molecule is CC(C)(C)NC(=O)[C@H]1[C@@H](O)C[C@H]2[C@@H]3CC[C@H]4NC(=O)C=C[C@]4(C)[C@H]3CC[C@@]21C. The fourth-order valence-corrected chi connectivity index (χ4v) is 7.27. The lowest BCUT2D eigenvalue weighted by Gasteiger charge is -2.58. The van der Waals surface area contributed by atoms with Crippen molar-refractivity contribution in [2.45, 2.75) is 84.4 Å². The minimum absolute atomic E-state index is 0.00757. The van der Waals surface area contributed by atoms with Crippen molar-refractivity contribution in [1.82, 2.24) is 10.6 Å². The summed E-state index contributed by atoms with van der Waals surface area (Å²) in [4.78, 5) is 24.9. The van der Waals surface area contributed by atoms with Crippen molar-refractivity contribution in [3.8, 4) is 0 Å². The highest BCUT2D eigenvalue weighted by Gasteiger charge is 2.63. The first-order chi connectivity index (χ1) is 13.0. The van der Waals surface area contributed by atoms with E-state index in [0.717, 1.165) is 32.1 Å². The Morgan fingerprint density at radius 2 is 1.93 bits per heavy atom. The first-order valence-corrected chi connectivity index (χ1v) is 11.0. The van der Waals surface area contributed by atoms with Crippen LogP contribution in [0.15, 0.2) is 12.2 Å². The summed E-state index contributed by atoms with van der Waals surface area (Å²) < 4.78 is 0. The summed E-state index contributed by atoms with van der Waals surface area (Å²) in [5, 5.41) is 17.2. The lowest BCUT2D eigenvalue weighted by molar-refractivity contribution is -0.138. The van der Waals surface area contributed by atoms with Crippen LogP contribution in [0.5, 0.6) is 0 Å². The highest BCUT2D eigenvalue weighted by molar-refractivity contribution is 5.89. The molecule has 1 aliphatic heterocycles. The molecule has 28 heavy (non-hydrogen) atoms. The molecule has 0 radical (unpaired) electrons. The molecule has 1 heterocycles. The van der Waals surface area contributed by atoms with Gasteiger partial charge in [-0.05, 0) is 82.1 Å². The van der Waals surface area contributed by atoms with E-state index in [0.29, 0.717) is 17.8 Å². The molecule has 3 fully saturated rings. The molecule has 0 saturated heterocycles. The van der Waals surface area contributed by atoms with Gasteiger partial charge in [-0.2, -0.15) is 0 Å². The predicted molar refractivity (Wildman–Crippen MR) is 108 cm³/mol. The molecule has 0 unspecified atom stereocenters. The Kier molecular flexibility index (Phi) is 4.50. The monoisotopic (exact) mass is 388 g/mol. The minimum Gasteiger partial charge on any atom is -0.392 e. The van der Waals surface area contributed by atoms with E-state index < -0.39 is 6.10 Å². The van der Waals surface area contributed by atoms with Gasteiger partial charge in [-0.25, -0.2) is 0 Å². The fourth-order valence-electron chi connectivity index (χ4n) is 7.27. The lowest BCUT2D eigenvalue weighted by Crippen LogP contribution is -2.60. The Labute approximate surface area is 168 Å². The molecular formula is C23H36N2O3. The molecule has 3 aliphatic carbocycles. The molecule has 5 nitrogen and oxygen atoms in total. The fraction of sp³-hybridized carbons (Fsp3) is 0.826. The molecule has 3 N–H and O–H groups in total. The van der Waals surface area contributed by atoms with Gasteiger partial charge in [0.1, 0.15) is 0 Å². The predicted octanol–water partition coefficient (Wildman–Crippen LogP) is 2.79. The normalized spacial score (nSPS) is 47.6. The number of carbonyl (C=O) groups excluding carboxylic acids is 2. The van der Waals surface area contributed by atoms with Gasteiger partial charge in [0.05, 0.1) is 12.0 Å². The van der Waals surface area contributed by atoms with Crippen LogP contribution in [0.3, 0.4) is 0 Å². The van der Waals surface area contributed by atoms with E-state index in [4.69, 9.17) is 0 Å². The van der Waals surface area contributed by atoms with Gasteiger partial charge < -0.3 is 15.7 Å². The molecule has 0 bridgehead atoms. The van der Waals surface area contributed by atoms with Crippen LogP contribution in [0, 0.1) is 34.5 Å². The number of amides is 2. The Morgan fingerprint density at radius 3 is 2.61 bits per heavy atom. The molecule has 4 rings (SSSR count). The van der Waals surface area contributed by atoms with Crippen LogP contribution in [0.4, 0.5) is 0 Å². The molecule has 3 saturated carbocycles. The maximum absolute atomic E-state index is 13.1. The molecule has 0 spiro atoms. The number of hydrogen-bond donors (Lipinski definition) is 3. The van der Waals surface area contributed by atoms with E-state index in [-0.39, 0.29) is 40.1 Å². The van der Waals surface area contributed by atoms with Crippen molar-refractivity contribution in [3.63, 3.8) is 0 Å². The molecule has 0 aromatic carbocycles. The summed E-state index contributed by atoms with van der Waals surface area (Å²) in [5.41, 5.74) is -0.464. The molecule has 8 atom stereocenters. The Balaban J connectivity index is 1.62. The zero-order valence-corrected chi connectivity index (χ0v) is 17.9. The van der Waals surface area contributed by atoms with E-state index >= 15 is 0 Å². The molecule has 156 valence electrons. The number of fused-ring (bicyclic) bond motifs is 5. The number of nitrogens with one attached hydrogen (secondary N) is 2. The van der Waals surface area contributed by atoms with Crippen LogP contribution in [0.25, 0.3) is 0 Å². The third kappa shape index (κ3) is 2.92. The maximum Gasteiger partial charge on any atom is 0.243 e. The highest BCUT2D eigenvalue weighted by atomic mass is 16.3. The second-order valence-electron chi connectivity index (χ2n) is 11.3. The van der Waals surface area contributed by atoms with Gasteiger partial charge in [-0.15, -0.1) is 0 Å². The number of aliphatic hydroxyl groups excluding tert-OH is 1. The molecule has 4 aliphatic rings. The van der Waals surface area contributed by atoms with Crippen molar-refractivity contribution >= 4 is 11.8 Å². The van der Waals surface area contributed by atoms with Crippen molar-refractivity contribution in [2.24, 2.45) is 34.5 Å². The largest absolute Gasteiger partial charge is 0.392 e. The summed E-state index contributed by atoms with van der Waals surface area (Å²) in [6.07, 6.45) is 8.06. The second kappa shape index (κ2) is 6.32. The van der Waals surface area contributed by atoms with E-state index in [2.05, 4.69) is 30.6 Å². The Hall–Kier alpha value is -1.36. The summed E-state index contributed by atoms with van der Waals surface area (Å²) in [7, 11) is 0. The average molecular weight is 389 g/mol. The van der Waals surface area contributed by atoms with E-state index in [1.165, 1.54) is 0 Å². The van der Waals surface area contributed by atoms with Crippen LogP contribution in [-0.4, -0.2) is 34.6 Å². The van der Waals surface area contributed by atoms with E-state index in [1.54, 1.807) is 6.08 Å². The van der Waals surface area contributed by atoms with Crippen molar-refractivity contribution in [2.75, 3.05) is 0 Å². The summed E-state index contributed by atoms with van der Waals surface area (Å²) in [6.45, 7) is 10.5. The third-order valence-corrected chi connectivity index (χ3v) is 8.49. The lowest BCUT2D eigenvalue weighted by atomic mass is 9.48. The third-order valence-electron chi connectivity index (χ3n) is 8.49. The van der Waals surface area contributed by atoms with Crippen molar-refractivity contribution in [3.05, 3.63) is 12.2 Å². The van der Waals surface area contributed by atoms with E-state index in [1.807, 2.05) is 20.8 Å². The smallest absolute Gasteiger partial charge is 0.243 e. The standard InChI is InChI=1S/C23H36N2O3/c1-21(2,3)25-20(28)19-16(26)12-15-13-6-7-17-22(4,11-9-18(27)24-17)14(13)8-10-23(15,19)5/h9,11,13-17,19,26H,6-8,10,12H2,1-5H3,(H,24,27)(H,25,28)/t13-,14+,15+,16+,17-,19-,22-,23+/m1/s1. The molecule has 2 amide bonds. The second-order valence-corrected chi connectivity index (χ2v) is 11.3. The average Bonchev–Trinajstić information content (AvgIpc) is 2.84. The quantitative estimate of drug-likeness (QED) is 0.646. The zero-order valence-electron chi connectivity index (χ0n) is 17.9. The number of hydrogen-bond acceptors (Lipinski definition) is 3. The number of rotatable bonds is 1. The summed E-state index contributed by atoms with van der Waals surface area (Å²) in [6, 6.07) is 0.210. The number of aliphatic hydroxyl groups is 1. The van der Waals surface area contributed by atoms with Crippen LogP contribution in [0.2, 0.25) is 0 Å².